The lowest BCUT2D eigenvalue weighted by atomic mass is 10.2. The van der Waals surface area contributed by atoms with Crippen LogP contribution in [-0.2, 0) is 19.9 Å². The third-order valence-electron chi connectivity index (χ3n) is 3.02. The topological polar surface area (TPSA) is 120 Å². The number of hydrogen-bond acceptors (Lipinski definition) is 5. The summed E-state index contributed by atoms with van der Waals surface area (Å²) in [7, 11) is -8.06. The van der Waals surface area contributed by atoms with Gasteiger partial charge in [0.15, 0.2) is 0 Å². The molecule has 0 aliphatic heterocycles. The molecule has 0 aromatic heterocycles. The van der Waals surface area contributed by atoms with Gasteiger partial charge in [-0.2, -0.15) is 0 Å². The van der Waals surface area contributed by atoms with E-state index in [2.05, 4.69) is 0 Å². The monoisotopic (exact) mass is 360 g/mol. The molecule has 0 saturated heterocycles. The van der Waals surface area contributed by atoms with Crippen molar-refractivity contribution in [1.82, 2.24) is 0 Å². The normalized spacial score (nSPS) is 12.3. The number of primary sulfonamides is 1. The molecule has 0 spiro atoms. The summed E-state index contributed by atoms with van der Waals surface area (Å²) in [5.41, 5.74) is 6.19. The summed E-state index contributed by atoms with van der Waals surface area (Å²) in [6.07, 6.45) is 0. The molecule has 0 amide bonds. The van der Waals surface area contributed by atoms with Gasteiger partial charge in [0.1, 0.15) is 0 Å². The van der Waals surface area contributed by atoms with Crippen LogP contribution in [0, 0.1) is 6.92 Å². The standard InChI is InChI=1S/C13H13ClN2O4S2/c1-8-2-4-10(22(16,19)20)7-12(8)21(17,18)13-6-9(15)3-5-11(13)14/h2-7H,15H2,1H3,(H2,16,19,20). The first kappa shape index (κ1) is 16.8. The van der Waals surface area contributed by atoms with Crippen LogP contribution < -0.4 is 10.9 Å². The van der Waals surface area contributed by atoms with E-state index in [0.717, 1.165) is 6.07 Å². The Bertz CT molecular complexity index is 954. The van der Waals surface area contributed by atoms with Crippen LogP contribution in [0.1, 0.15) is 5.56 Å². The average Bonchev–Trinajstić information content (AvgIpc) is 2.40. The summed E-state index contributed by atoms with van der Waals surface area (Å²) in [5.74, 6) is 0. The van der Waals surface area contributed by atoms with Crippen molar-refractivity contribution in [3.05, 3.63) is 47.0 Å². The molecule has 0 heterocycles. The molecule has 0 atom stereocenters. The molecule has 0 bridgehead atoms. The van der Waals surface area contributed by atoms with Gasteiger partial charge in [0.05, 0.1) is 19.7 Å². The second-order valence-electron chi connectivity index (χ2n) is 4.67. The van der Waals surface area contributed by atoms with Gasteiger partial charge >= 0.3 is 0 Å². The van der Waals surface area contributed by atoms with Crippen LogP contribution in [0.4, 0.5) is 5.69 Å². The quantitative estimate of drug-likeness (QED) is 0.807. The Balaban J connectivity index is 2.77. The molecule has 0 aliphatic carbocycles. The van der Waals surface area contributed by atoms with Gasteiger partial charge in [-0.3, -0.25) is 0 Å². The zero-order chi connectivity index (χ0) is 16.7. The van der Waals surface area contributed by atoms with Crippen LogP contribution in [0.3, 0.4) is 0 Å². The highest BCUT2D eigenvalue weighted by Crippen LogP contribution is 2.31. The second-order valence-corrected chi connectivity index (χ2v) is 8.52. The van der Waals surface area contributed by atoms with Crippen molar-refractivity contribution in [2.75, 3.05) is 5.73 Å². The van der Waals surface area contributed by atoms with Gasteiger partial charge in [-0.1, -0.05) is 17.7 Å². The molecule has 0 radical (unpaired) electrons. The summed E-state index contributed by atoms with van der Waals surface area (Å²) in [4.78, 5) is -0.674. The molecule has 2 rings (SSSR count). The Morgan fingerprint density at radius 2 is 1.59 bits per heavy atom. The molecule has 6 nitrogen and oxygen atoms in total. The number of nitrogens with two attached hydrogens (primary N) is 2. The van der Waals surface area contributed by atoms with Crippen molar-refractivity contribution in [1.29, 1.82) is 0 Å². The molecule has 9 heteroatoms. The number of sulfone groups is 1. The summed E-state index contributed by atoms with van der Waals surface area (Å²) in [6, 6.07) is 7.68. The van der Waals surface area contributed by atoms with E-state index in [4.69, 9.17) is 22.5 Å². The maximum atomic E-state index is 12.7. The molecule has 0 unspecified atom stereocenters. The van der Waals surface area contributed by atoms with Gasteiger partial charge < -0.3 is 5.73 Å². The molecular formula is C13H13ClN2O4S2. The predicted octanol–water partition coefficient (Wildman–Crippen LogP) is 1.71. The molecule has 118 valence electrons. The van der Waals surface area contributed by atoms with Crippen molar-refractivity contribution < 1.29 is 16.8 Å². The maximum absolute atomic E-state index is 12.7. The number of anilines is 1. The first-order chi connectivity index (χ1) is 10.0. The third kappa shape index (κ3) is 3.09. The summed E-state index contributed by atoms with van der Waals surface area (Å²) in [6.45, 7) is 1.54. The molecule has 0 fully saturated rings. The van der Waals surface area contributed by atoms with Gasteiger partial charge in [-0.25, -0.2) is 22.0 Å². The third-order valence-corrected chi connectivity index (χ3v) is 6.31. The van der Waals surface area contributed by atoms with Crippen LogP contribution >= 0.6 is 11.6 Å². The van der Waals surface area contributed by atoms with Gasteiger partial charge in [0.2, 0.25) is 19.9 Å². The predicted molar refractivity (Wildman–Crippen MR) is 83.9 cm³/mol. The van der Waals surface area contributed by atoms with Crippen molar-refractivity contribution in [3.63, 3.8) is 0 Å². The fourth-order valence-electron chi connectivity index (χ4n) is 1.89. The van der Waals surface area contributed by atoms with Gasteiger partial charge in [0.25, 0.3) is 0 Å². The second kappa shape index (κ2) is 5.54. The zero-order valence-corrected chi connectivity index (χ0v) is 13.8. The van der Waals surface area contributed by atoms with Crippen LogP contribution in [-0.4, -0.2) is 16.8 Å². The number of rotatable bonds is 3. The number of aryl methyl sites for hydroxylation is 1. The van der Waals surface area contributed by atoms with E-state index in [0.29, 0.717) is 5.56 Å². The van der Waals surface area contributed by atoms with E-state index in [9.17, 15) is 16.8 Å². The van der Waals surface area contributed by atoms with Crippen molar-refractivity contribution >= 4 is 37.1 Å². The van der Waals surface area contributed by atoms with Crippen molar-refractivity contribution in [2.24, 2.45) is 5.14 Å². The number of benzene rings is 2. The van der Waals surface area contributed by atoms with E-state index in [1.807, 2.05) is 0 Å². The minimum Gasteiger partial charge on any atom is -0.399 e. The molecule has 0 saturated carbocycles. The SMILES string of the molecule is Cc1ccc(S(N)(=O)=O)cc1S(=O)(=O)c1cc(N)ccc1Cl. The summed E-state index contributed by atoms with van der Waals surface area (Å²) >= 11 is 5.94. The van der Waals surface area contributed by atoms with E-state index in [-0.39, 0.29) is 25.4 Å². The smallest absolute Gasteiger partial charge is 0.238 e. The first-order valence-corrected chi connectivity index (χ1v) is 9.38. The summed E-state index contributed by atoms with van der Waals surface area (Å²) < 4.78 is 48.3. The molecule has 2 aromatic carbocycles. The number of sulfonamides is 1. The molecule has 0 aliphatic rings. The number of halogens is 1. The van der Waals surface area contributed by atoms with E-state index >= 15 is 0 Å². The number of hydrogen-bond donors (Lipinski definition) is 2. The number of nitrogen functional groups attached to an aromatic ring is 1. The Kier molecular flexibility index (Phi) is 4.22. The highest BCUT2D eigenvalue weighted by Gasteiger charge is 2.25. The lowest BCUT2D eigenvalue weighted by molar-refractivity contribution is 0.594. The van der Waals surface area contributed by atoms with Crippen LogP contribution in [0.5, 0.6) is 0 Å². The Morgan fingerprint density at radius 3 is 2.18 bits per heavy atom. The van der Waals surface area contributed by atoms with Gasteiger partial charge in [0, 0.05) is 5.69 Å². The van der Waals surface area contributed by atoms with Crippen molar-refractivity contribution in [3.8, 4) is 0 Å². The molecular weight excluding hydrogens is 348 g/mol. The average molecular weight is 361 g/mol. The van der Waals surface area contributed by atoms with Gasteiger partial charge in [-0.05, 0) is 42.8 Å². The van der Waals surface area contributed by atoms with Crippen LogP contribution in [0.25, 0.3) is 0 Å². The van der Waals surface area contributed by atoms with Crippen molar-refractivity contribution in [2.45, 2.75) is 21.6 Å². The van der Waals surface area contributed by atoms with E-state index < -0.39 is 19.9 Å². The maximum Gasteiger partial charge on any atom is 0.238 e. The first-order valence-electron chi connectivity index (χ1n) is 5.97. The lowest BCUT2D eigenvalue weighted by Crippen LogP contribution is -2.14. The van der Waals surface area contributed by atoms with Gasteiger partial charge in [-0.15, -0.1) is 0 Å². The largest absolute Gasteiger partial charge is 0.399 e. The van der Waals surface area contributed by atoms with Crippen LogP contribution in [0.2, 0.25) is 5.02 Å². The molecule has 2 aromatic rings. The Labute approximate surface area is 133 Å². The minimum absolute atomic E-state index is 0.00499. The highest BCUT2D eigenvalue weighted by molar-refractivity contribution is 7.92. The highest BCUT2D eigenvalue weighted by atomic mass is 35.5. The van der Waals surface area contributed by atoms with E-state index in [1.165, 1.54) is 30.3 Å². The Hall–Kier alpha value is -1.61. The summed E-state index contributed by atoms with van der Waals surface area (Å²) in [5, 5.41) is 5.04. The van der Waals surface area contributed by atoms with Crippen LogP contribution in [0.15, 0.2) is 51.1 Å². The Morgan fingerprint density at radius 1 is 0.955 bits per heavy atom. The molecule has 22 heavy (non-hydrogen) atoms. The van der Waals surface area contributed by atoms with E-state index in [1.54, 1.807) is 6.92 Å². The zero-order valence-electron chi connectivity index (χ0n) is 11.4. The fraction of sp³-hybridized carbons (Fsp3) is 0.0769. The fourth-order valence-corrected chi connectivity index (χ4v) is 4.55. The lowest BCUT2D eigenvalue weighted by Gasteiger charge is -2.11. The molecule has 4 N–H and O–H groups in total. The minimum atomic E-state index is -4.04.